The first-order chi connectivity index (χ1) is 9.36. The Labute approximate surface area is 115 Å². The maximum absolute atomic E-state index is 5.85. The smallest absolute Gasteiger partial charge is 0.232 e. The Morgan fingerprint density at radius 3 is 2.79 bits per heavy atom. The molecule has 0 aliphatic heterocycles. The fraction of sp³-hybridized carbons (Fsp3) is 0.143. The van der Waals surface area contributed by atoms with Crippen LogP contribution in [-0.4, -0.2) is 16.5 Å². The highest BCUT2D eigenvalue weighted by Crippen LogP contribution is 2.31. The highest BCUT2D eigenvalue weighted by molar-refractivity contribution is 7.16. The van der Waals surface area contributed by atoms with Gasteiger partial charge in [-0.2, -0.15) is 4.98 Å². The van der Waals surface area contributed by atoms with Crippen molar-refractivity contribution in [3.63, 3.8) is 0 Å². The van der Waals surface area contributed by atoms with Gasteiger partial charge in [-0.3, -0.25) is 0 Å². The minimum absolute atomic E-state index is 0.591. The molecule has 1 N–H and O–H groups in total. The first-order valence-corrected chi connectivity index (χ1v) is 6.97. The van der Waals surface area contributed by atoms with Crippen molar-refractivity contribution in [1.29, 1.82) is 0 Å². The number of anilines is 1. The Bertz CT molecular complexity index is 681. The van der Waals surface area contributed by atoms with E-state index in [0.717, 1.165) is 22.5 Å². The molecular formula is C14H13N3OS. The Morgan fingerprint density at radius 1 is 1.16 bits per heavy atom. The lowest BCUT2D eigenvalue weighted by molar-refractivity contribution is 0.469. The van der Waals surface area contributed by atoms with Crippen molar-refractivity contribution >= 4 is 27.5 Å². The summed E-state index contributed by atoms with van der Waals surface area (Å²) in [5.74, 6) is 1.97. The van der Waals surface area contributed by atoms with Gasteiger partial charge >= 0.3 is 0 Å². The highest BCUT2D eigenvalue weighted by Gasteiger charge is 2.10. The Morgan fingerprint density at radius 2 is 2.00 bits per heavy atom. The second-order valence-corrected chi connectivity index (χ2v) is 4.83. The zero-order chi connectivity index (χ0) is 13.1. The number of benzene rings is 1. The Kier molecular flexibility index (Phi) is 3.29. The number of rotatable bonds is 4. The zero-order valence-corrected chi connectivity index (χ0v) is 11.3. The van der Waals surface area contributed by atoms with Crippen molar-refractivity contribution in [3.8, 4) is 11.6 Å². The molecule has 0 atom stereocenters. The number of hydrogen-bond donors (Lipinski definition) is 1. The largest absolute Gasteiger partial charge is 0.438 e. The number of aromatic nitrogens is 2. The second-order valence-electron chi connectivity index (χ2n) is 3.94. The summed E-state index contributed by atoms with van der Waals surface area (Å²) in [5, 5.41) is 6.05. The van der Waals surface area contributed by atoms with Gasteiger partial charge in [-0.25, -0.2) is 4.98 Å². The number of para-hydroxylation sites is 1. The first-order valence-electron chi connectivity index (χ1n) is 6.09. The normalized spacial score (nSPS) is 10.6. The summed E-state index contributed by atoms with van der Waals surface area (Å²) in [6.07, 6.45) is 0. The Balaban J connectivity index is 2.03. The summed E-state index contributed by atoms with van der Waals surface area (Å²) in [6.45, 7) is 2.79. The minimum atomic E-state index is 0.591. The number of fused-ring (bicyclic) bond motifs is 1. The third-order valence-electron chi connectivity index (χ3n) is 2.58. The van der Waals surface area contributed by atoms with Crippen molar-refractivity contribution in [3.05, 3.63) is 41.8 Å². The number of nitrogens with zero attached hydrogens (tertiary/aromatic N) is 2. The third-order valence-corrected chi connectivity index (χ3v) is 3.39. The molecule has 3 aromatic rings. The maximum atomic E-state index is 5.85. The number of nitrogens with one attached hydrogen (secondary N) is 1. The predicted molar refractivity (Wildman–Crippen MR) is 78.1 cm³/mol. The van der Waals surface area contributed by atoms with Crippen LogP contribution in [0.15, 0.2) is 41.8 Å². The van der Waals surface area contributed by atoms with Crippen LogP contribution in [0.4, 0.5) is 5.95 Å². The van der Waals surface area contributed by atoms with Crippen LogP contribution in [0, 0.1) is 0 Å². The Hall–Kier alpha value is -2.14. The maximum Gasteiger partial charge on any atom is 0.232 e. The highest BCUT2D eigenvalue weighted by atomic mass is 32.1. The van der Waals surface area contributed by atoms with Crippen molar-refractivity contribution in [2.75, 3.05) is 11.9 Å². The van der Waals surface area contributed by atoms with Crippen LogP contribution in [-0.2, 0) is 0 Å². The topological polar surface area (TPSA) is 47.0 Å². The molecule has 0 saturated carbocycles. The SMILES string of the molecule is CCNc1nc(Oc2ccccc2)c2ccsc2n1. The molecule has 4 nitrogen and oxygen atoms in total. The van der Waals surface area contributed by atoms with Crippen LogP contribution in [0.3, 0.4) is 0 Å². The van der Waals surface area contributed by atoms with Crippen LogP contribution >= 0.6 is 11.3 Å². The summed E-state index contributed by atoms with van der Waals surface area (Å²) in [6, 6.07) is 11.6. The quantitative estimate of drug-likeness (QED) is 0.781. The summed E-state index contributed by atoms with van der Waals surface area (Å²) in [4.78, 5) is 9.79. The van der Waals surface area contributed by atoms with E-state index in [4.69, 9.17) is 4.74 Å². The molecule has 19 heavy (non-hydrogen) atoms. The second kappa shape index (κ2) is 5.24. The van der Waals surface area contributed by atoms with Gasteiger partial charge in [0.05, 0.1) is 5.39 Å². The van der Waals surface area contributed by atoms with Gasteiger partial charge in [-0.1, -0.05) is 18.2 Å². The molecule has 0 unspecified atom stereocenters. The molecule has 0 amide bonds. The van der Waals surface area contributed by atoms with Gasteiger partial charge in [-0.05, 0) is 30.5 Å². The van der Waals surface area contributed by atoms with E-state index < -0.39 is 0 Å². The lowest BCUT2D eigenvalue weighted by Crippen LogP contribution is -2.02. The van der Waals surface area contributed by atoms with Crippen LogP contribution in [0.5, 0.6) is 11.6 Å². The predicted octanol–water partition coefficient (Wildman–Crippen LogP) is 3.92. The molecule has 0 spiro atoms. The molecule has 0 fully saturated rings. The van der Waals surface area contributed by atoms with Crippen LogP contribution in [0.1, 0.15) is 6.92 Å². The molecule has 5 heteroatoms. The fourth-order valence-electron chi connectivity index (χ4n) is 1.74. The molecule has 2 aromatic heterocycles. The zero-order valence-electron chi connectivity index (χ0n) is 10.5. The third kappa shape index (κ3) is 2.51. The van der Waals surface area contributed by atoms with Gasteiger partial charge in [-0.15, -0.1) is 11.3 Å². The lowest BCUT2D eigenvalue weighted by Gasteiger charge is -2.08. The lowest BCUT2D eigenvalue weighted by atomic mass is 10.3. The van der Waals surface area contributed by atoms with E-state index in [9.17, 15) is 0 Å². The molecule has 3 rings (SSSR count). The molecule has 0 aliphatic rings. The number of hydrogen-bond acceptors (Lipinski definition) is 5. The van der Waals surface area contributed by atoms with Crippen LogP contribution < -0.4 is 10.1 Å². The molecule has 0 saturated heterocycles. The average Bonchev–Trinajstić information content (AvgIpc) is 2.89. The average molecular weight is 271 g/mol. The van der Waals surface area contributed by atoms with E-state index >= 15 is 0 Å². The minimum Gasteiger partial charge on any atom is -0.438 e. The molecule has 0 aliphatic carbocycles. The van der Waals surface area contributed by atoms with Crippen molar-refractivity contribution in [2.45, 2.75) is 6.92 Å². The van der Waals surface area contributed by atoms with Gasteiger partial charge in [0.15, 0.2) is 0 Å². The van der Waals surface area contributed by atoms with Gasteiger partial charge in [0, 0.05) is 6.54 Å². The molecule has 0 bridgehead atoms. The summed E-state index contributed by atoms with van der Waals surface area (Å²) >= 11 is 1.58. The summed E-state index contributed by atoms with van der Waals surface area (Å²) < 4.78 is 5.85. The monoisotopic (exact) mass is 271 g/mol. The fourth-order valence-corrected chi connectivity index (χ4v) is 2.50. The van der Waals surface area contributed by atoms with Gasteiger partial charge in [0.1, 0.15) is 10.6 Å². The molecular weight excluding hydrogens is 258 g/mol. The van der Waals surface area contributed by atoms with E-state index in [1.54, 1.807) is 11.3 Å². The van der Waals surface area contributed by atoms with E-state index in [1.165, 1.54) is 0 Å². The van der Waals surface area contributed by atoms with E-state index in [1.807, 2.05) is 48.7 Å². The van der Waals surface area contributed by atoms with Crippen molar-refractivity contribution in [1.82, 2.24) is 9.97 Å². The molecule has 0 radical (unpaired) electrons. The van der Waals surface area contributed by atoms with Crippen LogP contribution in [0.25, 0.3) is 10.2 Å². The van der Waals surface area contributed by atoms with E-state index in [-0.39, 0.29) is 0 Å². The summed E-state index contributed by atoms with van der Waals surface area (Å²) in [5.41, 5.74) is 0. The first kappa shape index (κ1) is 11.9. The molecule has 96 valence electrons. The van der Waals surface area contributed by atoms with Crippen molar-refractivity contribution < 1.29 is 4.74 Å². The van der Waals surface area contributed by atoms with Crippen LogP contribution in [0.2, 0.25) is 0 Å². The van der Waals surface area contributed by atoms with Gasteiger partial charge < -0.3 is 10.1 Å². The molecule has 2 heterocycles. The number of ether oxygens (including phenoxy) is 1. The van der Waals surface area contributed by atoms with Gasteiger partial charge in [0.2, 0.25) is 11.8 Å². The summed E-state index contributed by atoms with van der Waals surface area (Å²) in [7, 11) is 0. The molecule has 1 aromatic carbocycles. The van der Waals surface area contributed by atoms with Crippen molar-refractivity contribution in [2.24, 2.45) is 0 Å². The standard InChI is InChI=1S/C14H13N3OS/c1-2-15-14-16-12(11-8-9-19-13(11)17-14)18-10-6-4-3-5-7-10/h3-9H,2H2,1H3,(H,15,16,17). The van der Waals surface area contributed by atoms with E-state index in [0.29, 0.717) is 11.8 Å². The number of thiophene rings is 1. The van der Waals surface area contributed by atoms with Gasteiger partial charge in [0.25, 0.3) is 0 Å². The van der Waals surface area contributed by atoms with E-state index in [2.05, 4.69) is 15.3 Å².